The molecule has 3 aliphatic heterocycles. The van der Waals surface area contributed by atoms with E-state index in [1.165, 1.54) is 12.1 Å². The monoisotopic (exact) mass is 477 g/mol. The average molecular weight is 478 g/mol. The molecular formula is C24H30F3N5O2. The lowest BCUT2D eigenvalue weighted by Crippen LogP contribution is -2.46. The van der Waals surface area contributed by atoms with Crippen LogP contribution in [-0.2, 0) is 4.79 Å². The molecule has 1 amide bonds. The fourth-order valence-corrected chi connectivity index (χ4v) is 4.47. The number of hydrogen-bond donors (Lipinski definition) is 2. The van der Waals surface area contributed by atoms with Crippen molar-refractivity contribution in [3.05, 3.63) is 46.8 Å². The summed E-state index contributed by atoms with van der Waals surface area (Å²) in [5, 5.41) is 18.8. The molecule has 0 spiro atoms. The Morgan fingerprint density at radius 1 is 1.29 bits per heavy atom. The second-order valence-corrected chi connectivity index (χ2v) is 9.60. The number of carbonyl (C=O) groups is 1. The number of alkyl halides is 2. The Labute approximate surface area is 197 Å². The number of aliphatic hydroxyl groups is 1. The van der Waals surface area contributed by atoms with Gasteiger partial charge in [0.2, 0.25) is 0 Å². The number of amides is 1. The number of hydrogen-bond acceptors (Lipinski definition) is 6. The fraction of sp³-hybridized carbons (Fsp3) is 0.542. The third kappa shape index (κ3) is 4.68. The maximum Gasteiger partial charge on any atom is 0.266 e. The molecule has 2 N–H and O–H groups in total. The van der Waals surface area contributed by atoms with Crippen LogP contribution in [0.5, 0.6) is 0 Å². The number of aliphatic hydroxyl groups excluding tert-OH is 1. The Hall–Kier alpha value is -2.88. The van der Waals surface area contributed by atoms with Gasteiger partial charge >= 0.3 is 0 Å². The predicted octanol–water partition coefficient (Wildman–Crippen LogP) is 3.39. The van der Waals surface area contributed by atoms with Crippen molar-refractivity contribution in [3.63, 3.8) is 0 Å². The van der Waals surface area contributed by atoms with Gasteiger partial charge in [0.25, 0.3) is 12.3 Å². The number of hydrazone groups is 1. The lowest BCUT2D eigenvalue weighted by molar-refractivity contribution is -0.117. The summed E-state index contributed by atoms with van der Waals surface area (Å²) >= 11 is 0. The summed E-state index contributed by atoms with van der Waals surface area (Å²) in [6, 6.07) is 2.90. The number of amidine groups is 2. The quantitative estimate of drug-likeness (QED) is 0.682. The van der Waals surface area contributed by atoms with Crippen LogP contribution < -0.4 is 5.32 Å². The van der Waals surface area contributed by atoms with Gasteiger partial charge in [-0.25, -0.2) is 18.2 Å². The number of nitrogens with one attached hydrogen (secondary N) is 1. The Kier molecular flexibility index (Phi) is 6.71. The molecule has 0 aromatic heterocycles. The van der Waals surface area contributed by atoms with Crippen molar-refractivity contribution in [2.24, 2.45) is 15.5 Å². The van der Waals surface area contributed by atoms with E-state index in [0.29, 0.717) is 36.9 Å². The van der Waals surface area contributed by atoms with Gasteiger partial charge in [-0.15, -0.1) is 0 Å². The summed E-state index contributed by atoms with van der Waals surface area (Å²) in [5.41, 5.74) is -0.516. The molecule has 0 radical (unpaired) electrons. The summed E-state index contributed by atoms with van der Waals surface area (Å²) < 4.78 is 40.8. The van der Waals surface area contributed by atoms with Gasteiger partial charge in [0.15, 0.2) is 5.84 Å². The Morgan fingerprint density at radius 3 is 2.62 bits per heavy atom. The molecule has 3 heterocycles. The number of piperidine rings is 1. The Bertz CT molecular complexity index is 1050. The van der Waals surface area contributed by atoms with E-state index < -0.39 is 29.8 Å². The topological polar surface area (TPSA) is 80.5 Å². The number of carbonyl (C=O) groups excluding carboxylic acids is 1. The molecule has 1 fully saturated rings. The average Bonchev–Trinajstić information content (AvgIpc) is 3.18. The second-order valence-electron chi connectivity index (χ2n) is 9.60. The normalized spacial score (nSPS) is 22.7. The first-order valence-corrected chi connectivity index (χ1v) is 11.5. The lowest BCUT2D eigenvalue weighted by atomic mass is 9.81. The molecule has 0 bridgehead atoms. The van der Waals surface area contributed by atoms with Crippen molar-refractivity contribution >= 4 is 17.6 Å². The van der Waals surface area contributed by atoms with E-state index in [-0.39, 0.29) is 23.6 Å². The van der Waals surface area contributed by atoms with Crippen LogP contribution in [0.25, 0.3) is 0 Å². The highest BCUT2D eigenvalue weighted by Gasteiger charge is 2.36. The number of fused-ring (bicyclic) bond motifs is 1. The molecule has 2 atom stereocenters. The molecule has 1 aromatic carbocycles. The smallest absolute Gasteiger partial charge is 0.266 e. The van der Waals surface area contributed by atoms with Crippen LogP contribution in [0.4, 0.5) is 13.2 Å². The lowest BCUT2D eigenvalue weighted by Gasteiger charge is -2.40. The van der Waals surface area contributed by atoms with Crippen LogP contribution in [0.1, 0.15) is 57.2 Å². The van der Waals surface area contributed by atoms with E-state index in [2.05, 4.69) is 27.2 Å². The van der Waals surface area contributed by atoms with E-state index in [0.717, 1.165) is 18.9 Å². The van der Waals surface area contributed by atoms with Crippen molar-refractivity contribution in [1.82, 2.24) is 15.2 Å². The van der Waals surface area contributed by atoms with E-state index in [1.54, 1.807) is 18.0 Å². The highest BCUT2D eigenvalue weighted by molar-refractivity contribution is 6.25. The van der Waals surface area contributed by atoms with Crippen LogP contribution in [-0.4, -0.2) is 64.9 Å². The van der Waals surface area contributed by atoms with Gasteiger partial charge in [0.1, 0.15) is 11.7 Å². The van der Waals surface area contributed by atoms with Crippen LogP contribution in [0.3, 0.4) is 0 Å². The van der Waals surface area contributed by atoms with Crippen LogP contribution in [0.15, 0.2) is 39.9 Å². The highest BCUT2D eigenvalue weighted by Crippen LogP contribution is 2.32. The summed E-state index contributed by atoms with van der Waals surface area (Å²) in [6.45, 7) is 7.58. The van der Waals surface area contributed by atoms with E-state index in [1.807, 2.05) is 6.92 Å². The van der Waals surface area contributed by atoms with Gasteiger partial charge in [-0.3, -0.25) is 9.79 Å². The van der Waals surface area contributed by atoms with E-state index in [4.69, 9.17) is 0 Å². The number of nitrogens with zero attached hydrogens (tertiary/aromatic N) is 4. The SMILES string of the molecule is C[C@@H]1CN2N=C(N3CCC(C)(CO)CC3)C=C(C(=O)N[C@H](C)c3cccc(C(F)F)c3F)C2=N1. The molecule has 184 valence electrons. The first kappa shape index (κ1) is 24.3. The maximum absolute atomic E-state index is 14.6. The van der Waals surface area contributed by atoms with Crippen LogP contribution in [0.2, 0.25) is 0 Å². The molecule has 4 rings (SSSR count). The van der Waals surface area contributed by atoms with Gasteiger partial charge in [-0.1, -0.05) is 25.1 Å². The molecule has 1 aromatic rings. The minimum atomic E-state index is -2.94. The number of aliphatic imine (C=N–C) groups is 1. The molecular weight excluding hydrogens is 447 g/mol. The molecule has 10 heteroatoms. The van der Waals surface area contributed by atoms with Gasteiger partial charge in [-0.05, 0) is 38.2 Å². The van der Waals surface area contributed by atoms with Crippen molar-refractivity contribution in [3.8, 4) is 0 Å². The largest absolute Gasteiger partial charge is 0.396 e. The van der Waals surface area contributed by atoms with Crippen molar-refractivity contribution < 1.29 is 23.1 Å². The third-order valence-corrected chi connectivity index (χ3v) is 6.79. The van der Waals surface area contributed by atoms with Crippen molar-refractivity contribution in [2.45, 2.75) is 52.1 Å². The molecule has 3 aliphatic rings. The summed E-state index contributed by atoms with van der Waals surface area (Å²) in [6.07, 6.45) is 0.337. The highest BCUT2D eigenvalue weighted by atomic mass is 19.3. The first-order valence-electron chi connectivity index (χ1n) is 11.5. The van der Waals surface area contributed by atoms with Gasteiger partial charge in [0, 0.05) is 25.3 Å². The minimum Gasteiger partial charge on any atom is -0.396 e. The molecule has 0 aliphatic carbocycles. The Morgan fingerprint density at radius 2 is 1.97 bits per heavy atom. The van der Waals surface area contributed by atoms with Gasteiger partial charge in [0.05, 0.1) is 29.8 Å². The fourth-order valence-electron chi connectivity index (χ4n) is 4.47. The standard InChI is InChI=1S/C24H30F3N5O2/c1-14-12-32-22(28-14)18(11-19(30-32)31-9-7-24(3,13-33)8-10-31)23(34)29-15(2)16-5-4-6-17(20(16)25)21(26)27/h4-6,11,14-15,21,33H,7-10,12-13H2,1-3H3,(H,29,34)/t14-,15-/m1/s1. The Balaban J connectivity index is 1.56. The molecule has 0 saturated carbocycles. The van der Waals surface area contributed by atoms with Crippen LogP contribution >= 0.6 is 0 Å². The number of likely N-dealkylation sites (tertiary alicyclic amines) is 1. The van der Waals surface area contributed by atoms with Crippen molar-refractivity contribution in [1.29, 1.82) is 0 Å². The van der Waals surface area contributed by atoms with Gasteiger partial charge < -0.3 is 15.3 Å². The molecule has 1 saturated heterocycles. The zero-order valence-electron chi connectivity index (χ0n) is 19.6. The predicted molar refractivity (Wildman–Crippen MR) is 123 cm³/mol. The molecule has 7 nitrogen and oxygen atoms in total. The summed E-state index contributed by atoms with van der Waals surface area (Å²) in [5.74, 6) is -0.410. The van der Waals surface area contributed by atoms with E-state index in [9.17, 15) is 23.1 Å². The van der Waals surface area contributed by atoms with Crippen LogP contribution in [0, 0.1) is 11.2 Å². The minimum absolute atomic E-state index is 0.00523. The zero-order chi connectivity index (χ0) is 24.6. The summed E-state index contributed by atoms with van der Waals surface area (Å²) in [4.78, 5) is 19.9. The molecule has 0 unspecified atom stereocenters. The van der Waals surface area contributed by atoms with Gasteiger partial charge in [-0.2, -0.15) is 5.10 Å². The first-order chi connectivity index (χ1) is 16.1. The number of benzene rings is 1. The molecule has 34 heavy (non-hydrogen) atoms. The number of rotatable bonds is 5. The third-order valence-electron chi connectivity index (χ3n) is 6.79. The van der Waals surface area contributed by atoms with E-state index >= 15 is 0 Å². The summed E-state index contributed by atoms with van der Waals surface area (Å²) in [7, 11) is 0. The zero-order valence-corrected chi connectivity index (χ0v) is 19.6. The second kappa shape index (κ2) is 9.40. The van der Waals surface area contributed by atoms with Crippen molar-refractivity contribution in [2.75, 3.05) is 26.2 Å². The maximum atomic E-state index is 14.6. The number of halogens is 3.